The van der Waals surface area contributed by atoms with Gasteiger partial charge >= 0.3 is 11.9 Å². The Morgan fingerprint density at radius 1 is 1.12 bits per heavy atom. The monoisotopic (exact) mass is 483 g/mol. The highest BCUT2D eigenvalue weighted by atomic mass is 16.6. The lowest BCUT2D eigenvalue weighted by atomic mass is 9.98. The fourth-order valence-electron chi connectivity index (χ4n) is 3.44. The number of carbonyl (C=O) groups excluding carboxylic acids is 2. The van der Waals surface area contributed by atoms with E-state index in [0.29, 0.717) is 24.1 Å². The standard InChI is InChI=1S/C20H29N5O9/c1-10(27)32-7-12(8-33-11(2)28)3-4-25-9-22-13-5-21-20(23-18(13)25)24-19-17(31)16(30)15(29)14(6-26)34-19/h5,9,12,14-17,19,26,29-31H,3-4,6-8H2,1-2H3,(H,21,23,24)/t14-,15-,16+,17-,19-/m1/s1. The summed E-state index contributed by atoms with van der Waals surface area (Å²) >= 11 is 0. The SMILES string of the molecule is CC(=O)OCC(CCn1cnc2cnc(N[C@@H]3O[C@H](CO)[C@@H](O)[C@H](O)[C@H]3O)nc21)COC(C)=O. The number of nitrogens with zero attached hydrogens (tertiary/aromatic N) is 4. The fourth-order valence-corrected chi connectivity index (χ4v) is 3.44. The normalized spacial score (nSPS) is 24.9. The van der Waals surface area contributed by atoms with Gasteiger partial charge in [0, 0.05) is 26.3 Å². The van der Waals surface area contributed by atoms with Crippen LogP contribution in [0.15, 0.2) is 12.5 Å². The van der Waals surface area contributed by atoms with E-state index in [1.54, 1.807) is 10.9 Å². The Bertz CT molecular complexity index is 966. The molecule has 5 N–H and O–H groups in total. The molecule has 2 aromatic rings. The van der Waals surface area contributed by atoms with Gasteiger partial charge < -0.3 is 44.5 Å². The maximum atomic E-state index is 11.2. The van der Waals surface area contributed by atoms with Crippen molar-refractivity contribution in [3.05, 3.63) is 12.5 Å². The first kappa shape index (κ1) is 25.7. The minimum Gasteiger partial charge on any atom is -0.465 e. The van der Waals surface area contributed by atoms with Crippen LogP contribution in [0.25, 0.3) is 11.2 Å². The molecule has 0 unspecified atom stereocenters. The second kappa shape index (κ2) is 11.5. The molecule has 3 rings (SSSR count). The summed E-state index contributed by atoms with van der Waals surface area (Å²) < 4.78 is 17.3. The second-order valence-electron chi connectivity index (χ2n) is 7.99. The van der Waals surface area contributed by atoms with E-state index in [0.717, 1.165) is 0 Å². The van der Waals surface area contributed by atoms with Crippen LogP contribution in [-0.4, -0.2) is 102 Å². The highest BCUT2D eigenvalue weighted by molar-refractivity contribution is 5.71. The van der Waals surface area contributed by atoms with Crippen LogP contribution in [-0.2, 0) is 30.3 Å². The van der Waals surface area contributed by atoms with Crippen LogP contribution >= 0.6 is 0 Å². The van der Waals surface area contributed by atoms with Gasteiger partial charge in [-0.05, 0) is 6.42 Å². The van der Waals surface area contributed by atoms with Gasteiger partial charge in [0.2, 0.25) is 5.95 Å². The van der Waals surface area contributed by atoms with Gasteiger partial charge in [-0.1, -0.05) is 0 Å². The number of carbonyl (C=O) groups is 2. The zero-order valence-electron chi connectivity index (χ0n) is 18.8. The number of nitrogens with one attached hydrogen (secondary N) is 1. The molecule has 34 heavy (non-hydrogen) atoms. The summed E-state index contributed by atoms with van der Waals surface area (Å²) in [6, 6.07) is 0. The van der Waals surface area contributed by atoms with Crippen LogP contribution in [0.1, 0.15) is 20.3 Å². The van der Waals surface area contributed by atoms with E-state index in [2.05, 4.69) is 20.3 Å². The number of aromatic nitrogens is 4. The summed E-state index contributed by atoms with van der Waals surface area (Å²) in [6.45, 7) is 2.64. The molecule has 0 radical (unpaired) electrons. The third kappa shape index (κ3) is 6.36. The number of esters is 2. The van der Waals surface area contributed by atoms with E-state index in [-0.39, 0.29) is 25.1 Å². The Balaban J connectivity index is 1.70. The average molecular weight is 483 g/mol. The maximum absolute atomic E-state index is 11.2. The van der Waals surface area contributed by atoms with Gasteiger partial charge in [0.25, 0.3) is 0 Å². The van der Waals surface area contributed by atoms with Crippen molar-refractivity contribution in [3.63, 3.8) is 0 Å². The van der Waals surface area contributed by atoms with Crippen LogP contribution < -0.4 is 5.32 Å². The molecule has 1 saturated heterocycles. The molecular weight excluding hydrogens is 454 g/mol. The van der Waals surface area contributed by atoms with Crippen LogP contribution in [0, 0.1) is 5.92 Å². The lowest BCUT2D eigenvalue weighted by Gasteiger charge is -2.40. The van der Waals surface area contributed by atoms with Gasteiger partial charge in [0.15, 0.2) is 11.9 Å². The maximum Gasteiger partial charge on any atom is 0.302 e. The summed E-state index contributed by atoms with van der Waals surface area (Å²) in [5.41, 5.74) is 0.955. The van der Waals surface area contributed by atoms with Crippen LogP contribution in [0.2, 0.25) is 0 Å². The minimum atomic E-state index is -1.54. The van der Waals surface area contributed by atoms with Crippen molar-refractivity contribution in [1.82, 2.24) is 19.5 Å². The highest BCUT2D eigenvalue weighted by Crippen LogP contribution is 2.22. The van der Waals surface area contributed by atoms with Crippen molar-refractivity contribution in [1.29, 1.82) is 0 Å². The summed E-state index contributed by atoms with van der Waals surface area (Å²) in [7, 11) is 0. The van der Waals surface area contributed by atoms with E-state index in [1.807, 2.05) is 0 Å². The molecular formula is C20H29N5O9. The molecule has 2 aromatic heterocycles. The molecule has 0 saturated carbocycles. The van der Waals surface area contributed by atoms with Crippen molar-refractivity contribution in [2.45, 2.75) is 57.5 Å². The fraction of sp³-hybridized carbons (Fsp3) is 0.650. The quantitative estimate of drug-likeness (QED) is 0.237. The van der Waals surface area contributed by atoms with E-state index in [4.69, 9.17) is 14.2 Å². The van der Waals surface area contributed by atoms with Gasteiger partial charge in [-0.2, -0.15) is 4.98 Å². The van der Waals surface area contributed by atoms with Gasteiger partial charge in [-0.15, -0.1) is 0 Å². The van der Waals surface area contributed by atoms with Gasteiger partial charge in [-0.25, -0.2) is 9.97 Å². The summed E-state index contributed by atoms with van der Waals surface area (Å²) in [5, 5.41) is 42.2. The third-order valence-electron chi connectivity index (χ3n) is 5.34. The minimum absolute atomic E-state index is 0.0648. The number of hydrogen-bond acceptors (Lipinski definition) is 13. The van der Waals surface area contributed by atoms with Crippen LogP contribution in [0.5, 0.6) is 0 Å². The number of anilines is 1. The molecule has 188 valence electrons. The lowest BCUT2D eigenvalue weighted by molar-refractivity contribution is -0.221. The Kier molecular flexibility index (Phi) is 8.68. The smallest absolute Gasteiger partial charge is 0.302 e. The molecule has 0 aliphatic carbocycles. The number of aryl methyl sites for hydroxylation is 1. The molecule has 1 aliphatic heterocycles. The Hall–Kier alpha value is -2.91. The molecule has 1 aliphatic rings. The first-order valence-electron chi connectivity index (χ1n) is 10.7. The average Bonchev–Trinajstić information content (AvgIpc) is 3.20. The second-order valence-corrected chi connectivity index (χ2v) is 7.99. The zero-order chi connectivity index (χ0) is 24.8. The number of imidazole rings is 1. The van der Waals surface area contributed by atoms with E-state index in [9.17, 15) is 30.0 Å². The van der Waals surface area contributed by atoms with E-state index >= 15 is 0 Å². The summed E-state index contributed by atoms with van der Waals surface area (Å²) in [4.78, 5) is 35.1. The molecule has 0 aromatic carbocycles. The van der Waals surface area contributed by atoms with Crippen LogP contribution in [0.3, 0.4) is 0 Å². The van der Waals surface area contributed by atoms with Gasteiger partial charge in [0.05, 0.1) is 32.3 Å². The van der Waals surface area contributed by atoms with Gasteiger partial charge in [0.1, 0.15) is 29.9 Å². The number of ether oxygens (including phenoxy) is 3. The van der Waals surface area contributed by atoms with Crippen molar-refractivity contribution >= 4 is 29.1 Å². The number of rotatable bonds is 10. The molecule has 0 spiro atoms. The van der Waals surface area contributed by atoms with Crippen molar-refractivity contribution in [2.75, 3.05) is 25.1 Å². The number of aliphatic hydroxyl groups is 4. The first-order valence-corrected chi connectivity index (χ1v) is 10.7. The lowest BCUT2D eigenvalue weighted by Crippen LogP contribution is -2.60. The van der Waals surface area contributed by atoms with Gasteiger partial charge in [-0.3, -0.25) is 9.59 Å². The molecule has 3 heterocycles. The molecule has 0 amide bonds. The summed E-state index contributed by atoms with van der Waals surface area (Å²) in [5.74, 6) is -1.04. The van der Waals surface area contributed by atoms with E-state index < -0.39 is 49.2 Å². The Morgan fingerprint density at radius 3 is 2.41 bits per heavy atom. The molecule has 14 nitrogen and oxygen atoms in total. The van der Waals surface area contributed by atoms with Crippen molar-refractivity contribution in [2.24, 2.45) is 5.92 Å². The number of fused-ring (bicyclic) bond motifs is 1. The Morgan fingerprint density at radius 2 is 1.79 bits per heavy atom. The van der Waals surface area contributed by atoms with Crippen molar-refractivity contribution < 1.29 is 44.2 Å². The summed E-state index contributed by atoms with van der Waals surface area (Å²) in [6.07, 6.45) is -3.25. The molecule has 5 atom stereocenters. The highest BCUT2D eigenvalue weighted by Gasteiger charge is 2.43. The first-order chi connectivity index (χ1) is 16.2. The van der Waals surface area contributed by atoms with Crippen LogP contribution in [0.4, 0.5) is 5.95 Å². The Labute approximate surface area is 194 Å². The molecule has 14 heteroatoms. The molecule has 1 fully saturated rings. The zero-order valence-corrected chi connectivity index (χ0v) is 18.8. The predicted molar refractivity (Wildman–Crippen MR) is 114 cm³/mol. The largest absolute Gasteiger partial charge is 0.465 e. The topological polar surface area (TPSA) is 198 Å². The molecule has 0 bridgehead atoms. The van der Waals surface area contributed by atoms with Crippen molar-refractivity contribution in [3.8, 4) is 0 Å². The number of aliphatic hydroxyl groups excluding tert-OH is 4. The van der Waals surface area contributed by atoms with E-state index in [1.165, 1.54) is 20.0 Å². The predicted octanol–water partition coefficient (Wildman–Crippen LogP) is -1.83. The third-order valence-corrected chi connectivity index (χ3v) is 5.34. The number of hydrogen-bond donors (Lipinski definition) is 5.